The Balaban J connectivity index is 1.47. The minimum Gasteiger partial charge on any atom is -0.493 e. The van der Waals surface area contributed by atoms with Crippen LogP contribution in [0.1, 0.15) is 11.1 Å². The van der Waals surface area contributed by atoms with Crippen LogP contribution >= 0.6 is 22.6 Å². The van der Waals surface area contributed by atoms with Gasteiger partial charge in [0.05, 0.1) is 39.0 Å². The van der Waals surface area contributed by atoms with Crippen molar-refractivity contribution in [2.24, 2.45) is 5.10 Å². The van der Waals surface area contributed by atoms with Gasteiger partial charge in [-0.05, 0) is 76.7 Å². The first-order valence-corrected chi connectivity index (χ1v) is 13.9. The summed E-state index contributed by atoms with van der Waals surface area (Å²) in [5, 5.41) is 6.96. The highest BCUT2D eigenvalue weighted by Gasteiger charge is 2.31. The second-order valence-electron chi connectivity index (χ2n) is 9.24. The maximum absolute atomic E-state index is 13.9. The Morgan fingerprint density at radius 3 is 2.55 bits per heavy atom. The van der Waals surface area contributed by atoms with Crippen molar-refractivity contribution in [2.75, 3.05) is 19.0 Å². The molecule has 13 heteroatoms. The van der Waals surface area contributed by atoms with Crippen molar-refractivity contribution in [1.82, 2.24) is 9.66 Å². The minimum absolute atomic E-state index is 0.0113. The van der Waals surface area contributed by atoms with Crippen molar-refractivity contribution in [3.8, 4) is 22.9 Å². The van der Waals surface area contributed by atoms with Crippen LogP contribution in [0.3, 0.4) is 0 Å². The average Bonchev–Trinajstić information content (AvgIpc) is 3.00. The molecule has 0 saturated carbocycles. The number of hydrogen-bond acceptors (Lipinski definition) is 6. The molecule has 4 aromatic carbocycles. The van der Waals surface area contributed by atoms with Crippen LogP contribution in [-0.2, 0) is 11.0 Å². The minimum atomic E-state index is -4.60. The number of carbonyl (C=O) groups excluding carboxylic acids is 1. The molecule has 1 heterocycles. The van der Waals surface area contributed by atoms with Gasteiger partial charge in [-0.3, -0.25) is 9.59 Å². The first kappa shape index (κ1) is 30.7. The van der Waals surface area contributed by atoms with Crippen LogP contribution in [0.2, 0.25) is 0 Å². The van der Waals surface area contributed by atoms with E-state index in [4.69, 9.17) is 9.47 Å². The van der Waals surface area contributed by atoms with Crippen LogP contribution in [0.4, 0.5) is 23.2 Å². The highest BCUT2D eigenvalue weighted by molar-refractivity contribution is 14.1. The summed E-state index contributed by atoms with van der Waals surface area (Å²) in [6.45, 7) is -0.438. The summed E-state index contributed by atoms with van der Waals surface area (Å²) in [5.41, 5.74) is -0.675. The van der Waals surface area contributed by atoms with E-state index in [0.717, 1.165) is 16.8 Å². The van der Waals surface area contributed by atoms with E-state index in [1.165, 1.54) is 43.7 Å². The quantitative estimate of drug-likeness (QED) is 0.109. The summed E-state index contributed by atoms with van der Waals surface area (Å²) in [5.74, 6) is -0.793. The number of fused-ring (bicyclic) bond motifs is 1. The zero-order chi connectivity index (χ0) is 31.4. The lowest BCUT2D eigenvalue weighted by Crippen LogP contribution is -2.21. The molecule has 1 aromatic heterocycles. The first-order chi connectivity index (χ1) is 21.0. The van der Waals surface area contributed by atoms with Gasteiger partial charge >= 0.3 is 6.18 Å². The lowest BCUT2D eigenvalue weighted by atomic mass is 10.1. The number of benzene rings is 4. The van der Waals surface area contributed by atoms with E-state index >= 15 is 0 Å². The van der Waals surface area contributed by atoms with E-state index < -0.39 is 35.6 Å². The molecule has 5 aromatic rings. The fourth-order valence-electron chi connectivity index (χ4n) is 4.22. The van der Waals surface area contributed by atoms with Crippen molar-refractivity contribution in [1.29, 1.82) is 0 Å². The predicted octanol–water partition coefficient (Wildman–Crippen LogP) is 6.73. The number of para-hydroxylation sites is 2. The number of rotatable bonds is 8. The third kappa shape index (κ3) is 6.72. The van der Waals surface area contributed by atoms with Crippen molar-refractivity contribution in [2.45, 2.75) is 6.18 Å². The number of ether oxygens (including phenoxy) is 2. The molecule has 1 amide bonds. The monoisotopic (exact) mass is 716 g/mol. The van der Waals surface area contributed by atoms with Gasteiger partial charge < -0.3 is 14.8 Å². The van der Waals surface area contributed by atoms with Gasteiger partial charge in [0.15, 0.2) is 23.9 Å². The van der Waals surface area contributed by atoms with Gasteiger partial charge in [0, 0.05) is 5.56 Å². The molecule has 0 unspecified atom stereocenters. The molecule has 0 radical (unpaired) electrons. The molecule has 0 aliphatic rings. The summed E-state index contributed by atoms with van der Waals surface area (Å²) in [6.07, 6.45) is -3.27. The standard InChI is InChI=1S/C31H21F4IN4O4/c1-43-26-14-18(13-23(36)28(26)44-17-27(41)38-25-12-5-3-10-22(25)32)16-37-40-29(19-7-6-8-20(15-19)31(33,34)35)39-24-11-4-2-9-21(24)30(40)42/h2-16H,17H2,1H3,(H,38,41). The van der Waals surface area contributed by atoms with E-state index in [1.54, 1.807) is 42.5 Å². The number of nitrogens with one attached hydrogen (secondary N) is 1. The van der Waals surface area contributed by atoms with Gasteiger partial charge in [0.2, 0.25) is 0 Å². The molecule has 0 saturated heterocycles. The zero-order valence-electron chi connectivity index (χ0n) is 22.7. The van der Waals surface area contributed by atoms with Crippen LogP contribution in [0, 0.1) is 9.39 Å². The Labute approximate surface area is 261 Å². The molecule has 0 bridgehead atoms. The van der Waals surface area contributed by atoms with Gasteiger partial charge in [0.25, 0.3) is 11.5 Å². The number of anilines is 1. The summed E-state index contributed by atoms with van der Waals surface area (Å²) >= 11 is 1.96. The second kappa shape index (κ2) is 12.8. The van der Waals surface area contributed by atoms with Crippen LogP contribution in [-0.4, -0.2) is 35.5 Å². The van der Waals surface area contributed by atoms with E-state index in [9.17, 15) is 27.2 Å². The van der Waals surface area contributed by atoms with Crippen LogP contribution in [0.5, 0.6) is 11.5 Å². The third-order valence-electron chi connectivity index (χ3n) is 6.27. The topological polar surface area (TPSA) is 94.8 Å². The van der Waals surface area contributed by atoms with E-state index in [0.29, 0.717) is 14.7 Å². The molecule has 5 rings (SSSR count). The summed E-state index contributed by atoms with van der Waals surface area (Å²) in [7, 11) is 1.39. The fourth-order valence-corrected chi connectivity index (χ4v) is 5.00. The zero-order valence-corrected chi connectivity index (χ0v) is 24.9. The van der Waals surface area contributed by atoms with E-state index in [1.807, 2.05) is 22.6 Å². The molecular formula is C31H21F4IN4O4. The molecular weight excluding hydrogens is 695 g/mol. The highest BCUT2D eigenvalue weighted by atomic mass is 127. The Bertz CT molecular complexity index is 1960. The fraction of sp³-hybridized carbons (Fsp3) is 0.0968. The lowest BCUT2D eigenvalue weighted by molar-refractivity contribution is -0.137. The third-order valence-corrected chi connectivity index (χ3v) is 7.07. The van der Waals surface area contributed by atoms with E-state index in [-0.39, 0.29) is 34.0 Å². The average molecular weight is 716 g/mol. The van der Waals surface area contributed by atoms with Gasteiger partial charge in [-0.2, -0.15) is 22.9 Å². The first-order valence-electron chi connectivity index (χ1n) is 12.8. The SMILES string of the molecule is COc1cc(C=Nn2c(-c3cccc(C(F)(F)F)c3)nc3ccccc3c2=O)cc(I)c1OCC(=O)Nc1ccccc1F. The van der Waals surface area contributed by atoms with E-state index in [2.05, 4.69) is 15.4 Å². The van der Waals surface area contributed by atoms with Crippen LogP contribution in [0.25, 0.3) is 22.3 Å². The Morgan fingerprint density at radius 1 is 1.05 bits per heavy atom. The van der Waals surface area contributed by atoms with Crippen molar-refractivity contribution >= 4 is 51.3 Å². The van der Waals surface area contributed by atoms with Gasteiger partial charge in [-0.15, -0.1) is 0 Å². The van der Waals surface area contributed by atoms with Gasteiger partial charge in [0.1, 0.15) is 5.82 Å². The molecule has 8 nitrogen and oxygen atoms in total. The molecule has 0 aliphatic carbocycles. The van der Waals surface area contributed by atoms with Gasteiger partial charge in [-0.1, -0.05) is 36.4 Å². The lowest BCUT2D eigenvalue weighted by Gasteiger charge is -2.14. The predicted molar refractivity (Wildman–Crippen MR) is 166 cm³/mol. The number of halogens is 5. The molecule has 0 aliphatic heterocycles. The number of hydrogen-bond donors (Lipinski definition) is 1. The maximum atomic E-state index is 13.9. The maximum Gasteiger partial charge on any atom is 0.416 e. The number of methoxy groups -OCH3 is 1. The van der Waals surface area contributed by atoms with Gasteiger partial charge in [-0.25, -0.2) is 9.37 Å². The number of aromatic nitrogens is 2. The number of carbonyl (C=O) groups is 1. The number of amides is 1. The molecule has 224 valence electrons. The van der Waals surface area contributed by atoms with Crippen LogP contribution in [0.15, 0.2) is 94.8 Å². The second-order valence-corrected chi connectivity index (χ2v) is 10.4. The number of nitrogens with zero attached hydrogens (tertiary/aromatic N) is 3. The Hall–Kier alpha value is -4.79. The molecule has 0 fully saturated rings. The summed E-state index contributed by atoms with van der Waals surface area (Å²) in [6, 6.07) is 19.8. The van der Waals surface area contributed by atoms with Crippen molar-refractivity contribution < 1.29 is 31.8 Å². The molecule has 0 spiro atoms. The Morgan fingerprint density at radius 2 is 1.80 bits per heavy atom. The van der Waals surface area contributed by atoms with Crippen molar-refractivity contribution in [3.05, 3.63) is 116 Å². The summed E-state index contributed by atoms with van der Waals surface area (Å²) in [4.78, 5) is 30.3. The largest absolute Gasteiger partial charge is 0.493 e. The van der Waals surface area contributed by atoms with Crippen molar-refractivity contribution in [3.63, 3.8) is 0 Å². The number of alkyl halides is 3. The Kier molecular flexibility index (Phi) is 8.94. The molecule has 1 N–H and O–H groups in total. The highest BCUT2D eigenvalue weighted by Crippen LogP contribution is 2.34. The molecule has 0 atom stereocenters. The summed E-state index contributed by atoms with van der Waals surface area (Å²) < 4.78 is 66.8. The van der Waals surface area contributed by atoms with Crippen LogP contribution < -0.4 is 20.3 Å². The normalized spacial score (nSPS) is 11.6. The smallest absolute Gasteiger partial charge is 0.416 e. The molecule has 44 heavy (non-hydrogen) atoms.